The van der Waals surface area contributed by atoms with Crippen LogP contribution in [0, 0.1) is 0 Å². The fourth-order valence-corrected chi connectivity index (χ4v) is 2.87. The van der Waals surface area contributed by atoms with Gasteiger partial charge in [-0.05, 0) is 31.4 Å². The molecule has 0 bridgehead atoms. The SMILES string of the molecule is COc1ccc(OC)c(NC(=O)c2cc(N3CCCCC3)ncn2)c1. The number of carbonyl (C=O) groups excluding carboxylic acids is 1. The van der Waals surface area contributed by atoms with E-state index in [1.807, 2.05) is 0 Å². The lowest BCUT2D eigenvalue weighted by Crippen LogP contribution is -2.30. The Morgan fingerprint density at radius 1 is 1.08 bits per heavy atom. The first kappa shape index (κ1) is 17.0. The molecular weight excluding hydrogens is 320 g/mol. The van der Waals surface area contributed by atoms with Crippen LogP contribution >= 0.6 is 0 Å². The number of piperidine rings is 1. The molecule has 1 aromatic heterocycles. The molecule has 2 heterocycles. The van der Waals surface area contributed by atoms with Gasteiger partial charge in [-0.1, -0.05) is 0 Å². The van der Waals surface area contributed by atoms with Crippen LogP contribution in [0.4, 0.5) is 11.5 Å². The highest BCUT2D eigenvalue weighted by atomic mass is 16.5. The first-order valence-electron chi connectivity index (χ1n) is 8.31. The molecule has 1 fully saturated rings. The highest BCUT2D eigenvalue weighted by molar-refractivity contribution is 6.04. The molecule has 3 rings (SSSR count). The molecule has 0 aliphatic carbocycles. The molecule has 0 unspecified atom stereocenters. The second-order valence-electron chi connectivity index (χ2n) is 5.83. The maximum Gasteiger partial charge on any atom is 0.274 e. The summed E-state index contributed by atoms with van der Waals surface area (Å²) >= 11 is 0. The second-order valence-corrected chi connectivity index (χ2v) is 5.83. The van der Waals surface area contributed by atoms with Crippen LogP contribution in [0.3, 0.4) is 0 Å². The Hall–Kier alpha value is -2.83. The third-order valence-electron chi connectivity index (χ3n) is 4.22. The molecule has 7 heteroatoms. The smallest absolute Gasteiger partial charge is 0.274 e. The van der Waals surface area contributed by atoms with Gasteiger partial charge in [-0.3, -0.25) is 4.79 Å². The second kappa shape index (κ2) is 7.83. The predicted octanol–water partition coefficient (Wildman–Crippen LogP) is 2.74. The van der Waals surface area contributed by atoms with Gasteiger partial charge < -0.3 is 19.7 Å². The summed E-state index contributed by atoms with van der Waals surface area (Å²) in [4.78, 5) is 23.2. The van der Waals surface area contributed by atoms with Crippen molar-refractivity contribution in [2.45, 2.75) is 19.3 Å². The summed E-state index contributed by atoms with van der Waals surface area (Å²) in [6.45, 7) is 1.92. The van der Waals surface area contributed by atoms with Crippen molar-refractivity contribution in [1.29, 1.82) is 0 Å². The van der Waals surface area contributed by atoms with Gasteiger partial charge in [0.2, 0.25) is 0 Å². The number of amides is 1. The van der Waals surface area contributed by atoms with E-state index in [1.54, 1.807) is 38.5 Å². The van der Waals surface area contributed by atoms with Gasteiger partial charge in [0, 0.05) is 25.2 Å². The fourth-order valence-electron chi connectivity index (χ4n) is 2.87. The summed E-state index contributed by atoms with van der Waals surface area (Å²) in [5, 5.41) is 2.83. The zero-order chi connectivity index (χ0) is 17.6. The molecule has 1 amide bonds. The van der Waals surface area contributed by atoms with Crippen LogP contribution in [0.5, 0.6) is 11.5 Å². The van der Waals surface area contributed by atoms with Crippen LogP contribution in [0.15, 0.2) is 30.6 Å². The fraction of sp³-hybridized carbons (Fsp3) is 0.389. The van der Waals surface area contributed by atoms with Gasteiger partial charge >= 0.3 is 0 Å². The lowest BCUT2D eigenvalue weighted by molar-refractivity contribution is 0.102. The summed E-state index contributed by atoms with van der Waals surface area (Å²) in [7, 11) is 3.12. The summed E-state index contributed by atoms with van der Waals surface area (Å²) in [5.41, 5.74) is 0.852. The van der Waals surface area contributed by atoms with Gasteiger partial charge in [0.15, 0.2) is 0 Å². The Labute approximate surface area is 147 Å². The minimum Gasteiger partial charge on any atom is -0.497 e. The van der Waals surface area contributed by atoms with Crippen molar-refractivity contribution in [1.82, 2.24) is 9.97 Å². The summed E-state index contributed by atoms with van der Waals surface area (Å²) in [5.74, 6) is 1.66. The molecule has 1 aliphatic rings. The average molecular weight is 342 g/mol. The molecule has 1 aliphatic heterocycles. The van der Waals surface area contributed by atoms with Crippen molar-refractivity contribution in [3.05, 3.63) is 36.3 Å². The molecule has 1 N–H and O–H groups in total. The number of carbonyl (C=O) groups is 1. The normalized spacial score (nSPS) is 14.1. The molecule has 2 aromatic rings. The number of methoxy groups -OCH3 is 2. The zero-order valence-electron chi connectivity index (χ0n) is 14.5. The third-order valence-corrected chi connectivity index (χ3v) is 4.22. The third kappa shape index (κ3) is 3.99. The van der Waals surface area contributed by atoms with Crippen molar-refractivity contribution < 1.29 is 14.3 Å². The van der Waals surface area contributed by atoms with Gasteiger partial charge in [0.1, 0.15) is 29.3 Å². The van der Waals surface area contributed by atoms with E-state index in [0.29, 0.717) is 22.9 Å². The van der Waals surface area contributed by atoms with Gasteiger partial charge in [0.05, 0.1) is 19.9 Å². The largest absolute Gasteiger partial charge is 0.497 e. The number of hydrogen-bond donors (Lipinski definition) is 1. The Bertz CT molecular complexity index is 745. The minimum atomic E-state index is -0.313. The first-order chi connectivity index (χ1) is 12.2. The van der Waals surface area contributed by atoms with Gasteiger partial charge in [0.25, 0.3) is 5.91 Å². The monoisotopic (exact) mass is 342 g/mol. The first-order valence-corrected chi connectivity index (χ1v) is 8.31. The van der Waals surface area contributed by atoms with E-state index in [4.69, 9.17) is 9.47 Å². The summed E-state index contributed by atoms with van der Waals surface area (Å²) in [6.07, 6.45) is 4.96. The topological polar surface area (TPSA) is 76.6 Å². The van der Waals surface area contributed by atoms with Crippen molar-refractivity contribution in [3.8, 4) is 11.5 Å². The molecule has 132 valence electrons. The molecule has 1 aromatic carbocycles. The van der Waals surface area contributed by atoms with Crippen molar-refractivity contribution in [3.63, 3.8) is 0 Å². The molecule has 25 heavy (non-hydrogen) atoms. The van der Waals surface area contributed by atoms with Crippen molar-refractivity contribution >= 4 is 17.4 Å². The minimum absolute atomic E-state index is 0.313. The lowest BCUT2D eigenvalue weighted by Gasteiger charge is -2.27. The highest BCUT2D eigenvalue weighted by Crippen LogP contribution is 2.29. The molecule has 0 radical (unpaired) electrons. The maximum absolute atomic E-state index is 12.6. The standard InChI is InChI=1S/C18H22N4O3/c1-24-13-6-7-16(25-2)14(10-13)21-18(23)15-11-17(20-12-19-15)22-8-4-3-5-9-22/h6-7,10-12H,3-5,8-9H2,1-2H3,(H,21,23). The van der Waals surface area contributed by atoms with Crippen molar-refractivity contribution in [2.24, 2.45) is 0 Å². The maximum atomic E-state index is 12.6. The Morgan fingerprint density at radius 3 is 2.60 bits per heavy atom. The van der Waals surface area contributed by atoms with E-state index in [1.165, 1.54) is 12.7 Å². The number of anilines is 2. The van der Waals surface area contributed by atoms with Crippen LogP contribution < -0.4 is 19.7 Å². The molecule has 1 saturated heterocycles. The van der Waals surface area contributed by atoms with E-state index >= 15 is 0 Å². The Morgan fingerprint density at radius 2 is 1.88 bits per heavy atom. The van der Waals surface area contributed by atoms with E-state index in [2.05, 4.69) is 20.2 Å². The average Bonchev–Trinajstić information content (AvgIpc) is 2.68. The van der Waals surface area contributed by atoms with E-state index in [9.17, 15) is 4.79 Å². The molecular formula is C18H22N4O3. The quantitative estimate of drug-likeness (QED) is 0.900. The van der Waals surface area contributed by atoms with Crippen LogP contribution in [0.2, 0.25) is 0 Å². The van der Waals surface area contributed by atoms with Crippen molar-refractivity contribution in [2.75, 3.05) is 37.5 Å². The molecule has 7 nitrogen and oxygen atoms in total. The highest BCUT2D eigenvalue weighted by Gasteiger charge is 2.16. The number of benzene rings is 1. The van der Waals surface area contributed by atoms with Gasteiger partial charge in [-0.2, -0.15) is 0 Å². The lowest BCUT2D eigenvalue weighted by atomic mass is 10.1. The molecule has 0 spiro atoms. The van der Waals surface area contributed by atoms with E-state index < -0.39 is 0 Å². The number of ether oxygens (including phenoxy) is 2. The summed E-state index contributed by atoms with van der Waals surface area (Å²) in [6, 6.07) is 6.96. The Kier molecular flexibility index (Phi) is 5.33. The van der Waals surface area contributed by atoms with Crippen LogP contribution in [-0.2, 0) is 0 Å². The van der Waals surface area contributed by atoms with E-state index in [0.717, 1.165) is 31.7 Å². The predicted molar refractivity (Wildman–Crippen MR) is 95.6 cm³/mol. The number of rotatable bonds is 5. The Balaban J connectivity index is 1.79. The van der Waals surface area contributed by atoms with Crippen LogP contribution in [-0.4, -0.2) is 43.2 Å². The van der Waals surface area contributed by atoms with Gasteiger partial charge in [-0.15, -0.1) is 0 Å². The number of aromatic nitrogens is 2. The number of hydrogen-bond acceptors (Lipinski definition) is 6. The number of nitrogens with zero attached hydrogens (tertiary/aromatic N) is 3. The van der Waals surface area contributed by atoms with Crippen LogP contribution in [0.1, 0.15) is 29.8 Å². The molecule has 0 saturated carbocycles. The van der Waals surface area contributed by atoms with Gasteiger partial charge in [-0.25, -0.2) is 9.97 Å². The van der Waals surface area contributed by atoms with Crippen LogP contribution in [0.25, 0.3) is 0 Å². The zero-order valence-corrected chi connectivity index (χ0v) is 14.5. The molecule has 0 atom stereocenters. The van der Waals surface area contributed by atoms with E-state index in [-0.39, 0.29) is 5.91 Å². The number of nitrogens with one attached hydrogen (secondary N) is 1. The summed E-state index contributed by atoms with van der Waals surface area (Å²) < 4.78 is 10.5.